The molecule has 1 fully saturated rings. The molecule has 1 amide bonds. The minimum atomic E-state index is -0.399. The summed E-state index contributed by atoms with van der Waals surface area (Å²) in [5.41, 5.74) is 2.30. The van der Waals surface area contributed by atoms with Gasteiger partial charge in [-0.1, -0.05) is 24.3 Å². The lowest BCUT2D eigenvalue weighted by Crippen LogP contribution is -2.40. The Morgan fingerprint density at radius 3 is 2.83 bits per heavy atom. The van der Waals surface area contributed by atoms with Crippen LogP contribution >= 0.6 is 12.4 Å². The average molecular weight is 271 g/mol. The molecule has 0 aliphatic carbocycles. The number of rotatable bonds is 3. The number of carbonyl (C=O) groups is 1. The van der Waals surface area contributed by atoms with Crippen LogP contribution in [0.25, 0.3) is 0 Å². The van der Waals surface area contributed by atoms with Crippen LogP contribution < -0.4 is 10.6 Å². The van der Waals surface area contributed by atoms with Crippen molar-refractivity contribution in [3.05, 3.63) is 35.4 Å². The van der Waals surface area contributed by atoms with E-state index in [0.29, 0.717) is 19.5 Å². The highest BCUT2D eigenvalue weighted by molar-refractivity contribution is 5.85. The Balaban J connectivity index is 0.00000162. The minimum Gasteiger partial charge on any atom is -0.392 e. The second-order valence-corrected chi connectivity index (χ2v) is 4.49. The molecule has 1 aliphatic heterocycles. The third kappa shape index (κ3) is 3.70. The average Bonchev–Trinajstić information content (AvgIpc) is 2.74. The Hall–Kier alpha value is -1.10. The van der Waals surface area contributed by atoms with Gasteiger partial charge in [0.05, 0.1) is 12.1 Å². The Bertz CT molecular complexity index is 412. The van der Waals surface area contributed by atoms with Gasteiger partial charge in [-0.15, -0.1) is 12.4 Å². The van der Waals surface area contributed by atoms with E-state index in [1.165, 1.54) is 5.56 Å². The van der Waals surface area contributed by atoms with Gasteiger partial charge in [-0.2, -0.15) is 0 Å². The van der Waals surface area contributed by atoms with Crippen LogP contribution in [0.2, 0.25) is 0 Å². The van der Waals surface area contributed by atoms with Crippen molar-refractivity contribution < 1.29 is 9.90 Å². The van der Waals surface area contributed by atoms with Crippen LogP contribution in [0.1, 0.15) is 17.5 Å². The lowest BCUT2D eigenvalue weighted by atomic mass is 10.1. The molecule has 1 aromatic carbocycles. The highest BCUT2D eigenvalue weighted by Crippen LogP contribution is 2.08. The number of nitrogens with one attached hydrogen (secondary N) is 2. The van der Waals surface area contributed by atoms with Crippen molar-refractivity contribution in [2.75, 3.05) is 6.54 Å². The van der Waals surface area contributed by atoms with E-state index in [4.69, 9.17) is 0 Å². The number of halogens is 1. The highest BCUT2D eigenvalue weighted by atomic mass is 35.5. The zero-order valence-corrected chi connectivity index (χ0v) is 11.2. The topological polar surface area (TPSA) is 61.4 Å². The first-order chi connectivity index (χ1) is 8.16. The van der Waals surface area contributed by atoms with Gasteiger partial charge >= 0.3 is 0 Å². The number of β-amino-alcohol motifs (C(OH)–C–C–N with tert-alkyl or cyclic N) is 1. The lowest BCUT2D eigenvalue weighted by Gasteiger charge is -2.12. The summed E-state index contributed by atoms with van der Waals surface area (Å²) in [5, 5.41) is 15.2. The second-order valence-electron chi connectivity index (χ2n) is 4.49. The largest absolute Gasteiger partial charge is 0.392 e. The predicted octanol–water partition coefficient (Wildman–Crippen LogP) is 0.756. The molecule has 2 rings (SSSR count). The predicted molar refractivity (Wildman–Crippen MR) is 72.7 cm³/mol. The van der Waals surface area contributed by atoms with E-state index in [-0.39, 0.29) is 24.4 Å². The summed E-state index contributed by atoms with van der Waals surface area (Å²) in [6, 6.07) is 7.72. The maximum absolute atomic E-state index is 11.8. The zero-order chi connectivity index (χ0) is 12.3. The van der Waals surface area contributed by atoms with E-state index in [0.717, 1.165) is 5.56 Å². The summed E-state index contributed by atoms with van der Waals surface area (Å²) in [5.74, 6) is -0.0372. The molecule has 0 spiro atoms. The maximum atomic E-state index is 11.8. The molecule has 1 aromatic rings. The first-order valence-corrected chi connectivity index (χ1v) is 5.90. The molecular weight excluding hydrogens is 252 g/mol. The number of hydrogen-bond donors (Lipinski definition) is 3. The number of aliphatic hydroxyl groups is 1. The summed E-state index contributed by atoms with van der Waals surface area (Å²) < 4.78 is 0. The zero-order valence-electron chi connectivity index (χ0n) is 10.3. The Morgan fingerprint density at radius 1 is 1.50 bits per heavy atom. The summed E-state index contributed by atoms with van der Waals surface area (Å²) in [4.78, 5) is 11.8. The number of amides is 1. The van der Waals surface area contributed by atoms with E-state index in [9.17, 15) is 9.90 Å². The monoisotopic (exact) mass is 270 g/mol. The number of hydrogen-bond acceptors (Lipinski definition) is 3. The molecule has 5 heteroatoms. The first kappa shape index (κ1) is 15.0. The Morgan fingerprint density at radius 2 is 2.22 bits per heavy atom. The van der Waals surface area contributed by atoms with Gasteiger partial charge in [-0.25, -0.2) is 0 Å². The van der Waals surface area contributed by atoms with Gasteiger partial charge in [0.15, 0.2) is 0 Å². The van der Waals surface area contributed by atoms with Crippen LogP contribution in [0, 0.1) is 6.92 Å². The van der Waals surface area contributed by atoms with E-state index in [1.807, 2.05) is 31.2 Å². The molecule has 1 heterocycles. The third-order valence-corrected chi connectivity index (χ3v) is 3.14. The molecular formula is C13H19ClN2O2. The Kier molecular flexibility index (Phi) is 5.59. The van der Waals surface area contributed by atoms with Gasteiger partial charge in [0.25, 0.3) is 0 Å². The van der Waals surface area contributed by atoms with E-state index < -0.39 is 6.10 Å². The SMILES string of the molecule is Cc1ccccc1CNC(=O)C1CC(O)CN1.Cl. The molecule has 0 radical (unpaired) electrons. The number of benzene rings is 1. The van der Waals surface area contributed by atoms with Crippen LogP contribution in [0.15, 0.2) is 24.3 Å². The van der Waals surface area contributed by atoms with Crippen molar-refractivity contribution in [3.8, 4) is 0 Å². The fourth-order valence-corrected chi connectivity index (χ4v) is 2.03. The molecule has 0 saturated carbocycles. The van der Waals surface area contributed by atoms with Crippen molar-refractivity contribution in [1.29, 1.82) is 0 Å². The molecule has 2 atom stereocenters. The van der Waals surface area contributed by atoms with Gasteiger partial charge in [0, 0.05) is 13.1 Å². The van der Waals surface area contributed by atoms with Crippen LogP contribution in [-0.2, 0) is 11.3 Å². The van der Waals surface area contributed by atoms with Gasteiger partial charge in [0.2, 0.25) is 5.91 Å². The van der Waals surface area contributed by atoms with Crippen molar-refractivity contribution in [3.63, 3.8) is 0 Å². The third-order valence-electron chi connectivity index (χ3n) is 3.14. The van der Waals surface area contributed by atoms with Crippen LogP contribution in [0.3, 0.4) is 0 Å². The van der Waals surface area contributed by atoms with E-state index in [2.05, 4.69) is 10.6 Å². The summed E-state index contributed by atoms with van der Waals surface area (Å²) in [7, 11) is 0. The molecule has 4 nitrogen and oxygen atoms in total. The van der Waals surface area contributed by atoms with Crippen molar-refractivity contribution in [1.82, 2.24) is 10.6 Å². The van der Waals surface area contributed by atoms with Crippen LogP contribution in [-0.4, -0.2) is 29.7 Å². The van der Waals surface area contributed by atoms with Gasteiger partial charge in [-0.3, -0.25) is 4.79 Å². The van der Waals surface area contributed by atoms with Crippen molar-refractivity contribution in [2.24, 2.45) is 0 Å². The van der Waals surface area contributed by atoms with Gasteiger partial charge in [-0.05, 0) is 24.5 Å². The summed E-state index contributed by atoms with van der Waals surface area (Å²) >= 11 is 0. The number of aliphatic hydroxyl groups excluding tert-OH is 1. The Labute approximate surface area is 113 Å². The first-order valence-electron chi connectivity index (χ1n) is 5.90. The highest BCUT2D eigenvalue weighted by Gasteiger charge is 2.27. The van der Waals surface area contributed by atoms with E-state index >= 15 is 0 Å². The molecule has 1 aliphatic rings. The standard InChI is InChI=1S/C13H18N2O2.ClH/c1-9-4-2-3-5-10(9)7-15-13(17)12-6-11(16)8-14-12;/h2-5,11-12,14,16H,6-8H2,1H3,(H,15,17);1H. The number of aryl methyl sites for hydroxylation is 1. The van der Waals surface area contributed by atoms with Crippen LogP contribution in [0.5, 0.6) is 0 Å². The lowest BCUT2D eigenvalue weighted by molar-refractivity contribution is -0.123. The smallest absolute Gasteiger partial charge is 0.237 e. The molecule has 0 bridgehead atoms. The number of carbonyl (C=O) groups excluding carboxylic acids is 1. The normalized spacial score (nSPS) is 22.3. The fraction of sp³-hybridized carbons (Fsp3) is 0.462. The van der Waals surface area contributed by atoms with Crippen LogP contribution in [0.4, 0.5) is 0 Å². The summed E-state index contributed by atoms with van der Waals surface area (Å²) in [6.45, 7) is 3.07. The molecule has 3 N–H and O–H groups in total. The second kappa shape index (κ2) is 6.73. The van der Waals surface area contributed by atoms with Gasteiger partial charge < -0.3 is 15.7 Å². The quantitative estimate of drug-likeness (QED) is 0.760. The van der Waals surface area contributed by atoms with E-state index in [1.54, 1.807) is 0 Å². The van der Waals surface area contributed by atoms with Gasteiger partial charge in [0.1, 0.15) is 0 Å². The molecule has 18 heavy (non-hydrogen) atoms. The minimum absolute atomic E-state index is 0. The summed E-state index contributed by atoms with van der Waals surface area (Å²) in [6.07, 6.45) is 0.101. The molecule has 0 aromatic heterocycles. The van der Waals surface area contributed by atoms with Crippen molar-refractivity contribution in [2.45, 2.75) is 32.0 Å². The van der Waals surface area contributed by atoms with Crippen molar-refractivity contribution >= 4 is 18.3 Å². The molecule has 2 unspecified atom stereocenters. The molecule has 1 saturated heterocycles. The maximum Gasteiger partial charge on any atom is 0.237 e. The molecule has 100 valence electrons. The fourth-order valence-electron chi connectivity index (χ4n) is 2.03.